The van der Waals surface area contributed by atoms with Gasteiger partial charge >= 0.3 is 5.97 Å². The molecule has 0 aliphatic rings. The predicted octanol–water partition coefficient (Wildman–Crippen LogP) is 3.62. The van der Waals surface area contributed by atoms with Crippen molar-refractivity contribution in [1.82, 2.24) is 4.98 Å². The number of benzene rings is 2. The summed E-state index contributed by atoms with van der Waals surface area (Å²) in [5.41, 5.74) is 3.46. The zero-order chi connectivity index (χ0) is 16.9. The third-order valence-electron chi connectivity index (χ3n) is 3.59. The first-order valence-electron chi connectivity index (χ1n) is 7.65. The van der Waals surface area contributed by atoms with Crippen LogP contribution in [0.2, 0.25) is 0 Å². The van der Waals surface area contributed by atoms with E-state index in [-0.39, 0.29) is 6.54 Å². The SMILES string of the molecule is Cc1cc(NCC(=O)O)c2cc(OCc3ccccc3)ccc2n1. The van der Waals surface area contributed by atoms with Crippen LogP contribution in [-0.4, -0.2) is 22.6 Å². The summed E-state index contributed by atoms with van der Waals surface area (Å²) >= 11 is 0. The van der Waals surface area contributed by atoms with Crippen molar-refractivity contribution in [2.45, 2.75) is 13.5 Å². The molecule has 0 amide bonds. The number of aromatic nitrogens is 1. The van der Waals surface area contributed by atoms with Gasteiger partial charge in [-0.05, 0) is 36.8 Å². The van der Waals surface area contributed by atoms with E-state index in [4.69, 9.17) is 9.84 Å². The molecule has 0 unspecified atom stereocenters. The first kappa shape index (κ1) is 15.8. The van der Waals surface area contributed by atoms with Crippen LogP contribution >= 0.6 is 0 Å². The Morgan fingerprint density at radius 1 is 1.17 bits per heavy atom. The lowest BCUT2D eigenvalue weighted by atomic mass is 10.1. The minimum atomic E-state index is -0.908. The van der Waals surface area contributed by atoms with E-state index in [9.17, 15) is 4.79 Å². The molecule has 5 nitrogen and oxygen atoms in total. The number of aliphatic carboxylic acids is 1. The summed E-state index contributed by atoms with van der Waals surface area (Å²) in [7, 11) is 0. The van der Waals surface area contributed by atoms with E-state index >= 15 is 0 Å². The number of fused-ring (bicyclic) bond motifs is 1. The summed E-state index contributed by atoms with van der Waals surface area (Å²) in [5, 5.41) is 12.7. The Labute approximate surface area is 139 Å². The van der Waals surface area contributed by atoms with Crippen LogP contribution in [0.25, 0.3) is 10.9 Å². The number of carboxylic acid groups (broad SMARTS) is 1. The van der Waals surface area contributed by atoms with Gasteiger partial charge in [0.15, 0.2) is 0 Å². The molecule has 2 N–H and O–H groups in total. The molecule has 0 saturated carbocycles. The topological polar surface area (TPSA) is 71.5 Å². The van der Waals surface area contributed by atoms with E-state index in [1.807, 2.05) is 61.5 Å². The number of pyridine rings is 1. The molecule has 24 heavy (non-hydrogen) atoms. The molecule has 5 heteroatoms. The number of aryl methyl sites for hydroxylation is 1. The van der Waals surface area contributed by atoms with Crippen molar-refractivity contribution < 1.29 is 14.6 Å². The standard InChI is InChI=1S/C19H18N2O3/c1-13-9-18(20-11-19(22)23)16-10-15(7-8-17(16)21-13)24-12-14-5-3-2-4-6-14/h2-10H,11-12H2,1H3,(H,20,21)(H,22,23). The minimum absolute atomic E-state index is 0.145. The van der Waals surface area contributed by atoms with Gasteiger partial charge in [0.2, 0.25) is 0 Å². The zero-order valence-electron chi connectivity index (χ0n) is 13.3. The third kappa shape index (κ3) is 3.81. The summed E-state index contributed by atoms with van der Waals surface area (Å²) in [6.45, 7) is 2.21. The smallest absolute Gasteiger partial charge is 0.322 e. The van der Waals surface area contributed by atoms with Crippen molar-refractivity contribution in [1.29, 1.82) is 0 Å². The first-order chi connectivity index (χ1) is 11.6. The molecule has 3 aromatic rings. The molecule has 0 atom stereocenters. The van der Waals surface area contributed by atoms with Crippen molar-refractivity contribution in [2.24, 2.45) is 0 Å². The molecule has 1 heterocycles. The first-order valence-corrected chi connectivity index (χ1v) is 7.65. The van der Waals surface area contributed by atoms with Crippen molar-refractivity contribution in [2.75, 3.05) is 11.9 Å². The number of hydrogen-bond acceptors (Lipinski definition) is 4. The molecular formula is C19H18N2O3. The van der Waals surface area contributed by atoms with Gasteiger partial charge in [-0.1, -0.05) is 30.3 Å². The van der Waals surface area contributed by atoms with Crippen molar-refractivity contribution in [3.05, 3.63) is 65.9 Å². The van der Waals surface area contributed by atoms with E-state index in [1.54, 1.807) is 0 Å². The molecule has 1 aromatic heterocycles. The van der Waals surface area contributed by atoms with Gasteiger partial charge in [-0.15, -0.1) is 0 Å². The van der Waals surface area contributed by atoms with Gasteiger partial charge in [0.25, 0.3) is 0 Å². The van der Waals surface area contributed by atoms with Gasteiger partial charge in [-0.2, -0.15) is 0 Å². The van der Waals surface area contributed by atoms with Crippen LogP contribution in [0.1, 0.15) is 11.3 Å². The maximum absolute atomic E-state index is 10.8. The largest absolute Gasteiger partial charge is 0.489 e. The average molecular weight is 322 g/mol. The number of ether oxygens (including phenoxy) is 1. The predicted molar refractivity (Wildman–Crippen MR) is 93.4 cm³/mol. The molecule has 0 aliphatic carbocycles. The summed E-state index contributed by atoms with van der Waals surface area (Å²) in [6.07, 6.45) is 0. The average Bonchev–Trinajstić information content (AvgIpc) is 2.58. The van der Waals surface area contributed by atoms with Gasteiger partial charge in [0, 0.05) is 16.8 Å². The fourth-order valence-electron chi connectivity index (χ4n) is 2.49. The normalized spacial score (nSPS) is 10.5. The van der Waals surface area contributed by atoms with E-state index in [0.717, 1.165) is 33.6 Å². The monoisotopic (exact) mass is 322 g/mol. The summed E-state index contributed by atoms with van der Waals surface area (Å²) < 4.78 is 5.84. The van der Waals surface area contributed by atoms with E-state index in [0.29, 0.717) is 6.61 Å². The molecule has 0 radical (unpaired) electrons. The van der Waals surface area contributed by atoms with Crippen LogP contribution in [0.5, 0.6) is 5.75 Å². The van der Waals surface area contributed by atoms with Gasteiger partial charge in [-0.3, -0.25) is 9.78 Å². The van der Waals surface area contributed by atoms with E-state index in [1.165, 1.54) is 0 Å². The number of carboxylic acids is 1. The fourth-order valence-corrected chi connectivity index (χ4v) is 2.49. The Bertz CT molecular complexity index is 863. The van der Waals surface area contributed by atoms with E-state index < -0.39 is 5.97 Å². The third-order valence-corrected chi connectivity index (χ3v) is 3.59. The highest BCUT2D eigenvalue weighted by Gasteiger charge is 2.07. The van der Waals surface area contributed by atoms with Crippen LogP contribution in [0.4, 0.5) is 5.69 Å². The fraction of sp³-hybridized carbons (Fsp3) is 0.158. The molecule has 0 spiro atoms. The molecule has 0 bridgehead atoms. The van der Waals surface area contributed by atoms with Crippen LogP contribution < -0.4 is 10.1 Å². The summed E-state index contributed by atoms with van der Waals surface area (Å²) in [5.74, 6) is -0.190. The Balaban J connectivity index is 1.86. The second kappa shape index (κ2) is 7.00. The van der Waals surface area contributed by atoms with E-state index in [2.05, 4.69) is 10.3 Å². The molecule has 0 aliphatic heterocycles. The second-order valence-electron chi connectivity index (χ2n) is 5.51. The van der Waals surface area contributed by atoms with Gasteiger partial charge in [-0.25, -0.2) is 0 Å². The molecule has 3 rings (SSSR count). The molecule has 0 saturated heterocycles. The number of carbonyl (C=O) groups is 1. The van der Waals surface area contributed by atoms with Crippen LogP contribution in [0, 0.1) is 6.92 Å². The maximum atomic E-state index is 10.8. The minimum Gasteiger partial charge on any atom is -0.489 e. The Hall–Kier alpha value is -3.08. The summed E-state index contributed by atoms with van der Waals surface area (Å²) in [4.78, 5) is 15.3. The van der Waals surface area contributed by atoms with Crippen molar-refractivity contribution in [3.63, 3.8) is 0 Å². The molecular weight excluding hydrogens is 304 g/mol. The van der Waals surface area contributed by atoms with Gasteiger partial charge < -0.3 is 15.2 Å². The van der Waals surface area contributed by atoms with Crippen molar-refractivity contribution in [3.8, 4) is 5.75 Å². The van der Waals surface area contributed by atoms with Gasteiger partial charge in [0.1, 0.15) is 18.9 Å². The highest BCUT2D eigenvalue weighted by Crippen LogP contribution is 2.27. The Morgan fingerprint density at radius 3 is 2.71 bits per heavy atom. The number of anilines is 1. The van der Waals surface area contributed by atoms with Crippen LogP contribution in [0.15, 0.2) is 54.6 Å². The lowest BCUT2D eigenvalue weighted by Crippen LogP contribution is -2.12. The Kier molecular flexibility index (Phi) is 4.61. The lowest BCUT2D eigenvalue weighted by Gasteiger charge is -2.12. The highest BCUT2D eigenvalue weighted by molar-refractivity contribution is 5.93. The Morgan fingerprint density at radius 2 is 1.96 bits per heavy atom. The zero-order valence-corrected chi connectivity index (χ0v) is 13.3. The number of nitrogens with one attached hydrogen (secondary N) is 1. The van der Waals surface area contributed by atoms with Crippen LogP contribution in [-0.2, 0) is 11.4 Å². The summed E-state index contributed by atoms with van der Waals surface area (Å²) in [6, 6.07) is 17.4. The quantitative estimate of drug-likeness (QED) is 0.725. The number of rotatable bonds is 6. The second-order valence-corrected chi connectivity index (χ2v) is 5.51. The van der Waals surface area contributed by atoms with Gasteiger partial charge in [0.05, 0.1) is 5.52 Å². The molecule has 0 fully saturated rings. The maximum Gasteiger partial charge on any atom is 0.322 e. The van der Waals surface area contributed by atoms with Crippen LogP contribution in [0.3, 0.4) is 0 Å². The lowest BCUT2D eigenvalue weighted by molar-refractivity contribution is -0.134. The number of nitrogens with zero attached hydrogens (tertiary/aromatic N) is 1. The highest BCUT2D eigenvalue weighted by atomic mass is 16.5. The molecule has 2 aromatic carbocycles. The molecule has 122 valence electrons. The number of hydrogen-bond donors (Lipinski definition) is 2. The van der Waals surface area contributed by atoms with Crippen molar-refractivity contribution >= 4 is 22.6 Å².